The van der Waals surface area contributed by atoms with E-state index in [1.165, 1.54) is 48.2 Å². The summed E-state index contributed by atoms with van der Waals surface area (Å²) < 4.78 is 2.36. The zero-order valence-electron chi connectivity index (χ0n) is 32.5. The van der Waals surface area contributed by atoms with Gasteiger partial charge in [0.05, 0.1) is 22.4 Å². The van der Waals surface area contributed by atoms with Crippen molar-refractivity contribution >= 4 is 50.6 Å². The molecule has 276 valence electrons. The van der Waals surface area contributed by atoms with Gasteiger partial charge < -0.3 is 4.57 Å². The normalized spacial score (nSPS) is 11.6. The SMILES string of the molecule is Cc1cc(C)cc(-c2cc(-c3ccc4c(c3)c3ccccc3n4-c3ccccc3)nc(-c3cccc([Si](c4ccccc4)(c4ccccc4)c4ccccc4)c3)n2)c1. The smallest absolute Gasteiger partial charge is 0.179 e. The van der Waals surface area contributed by atoms with Crippen molar-refractivity contribution in [2.75, 3.05) is 0 Å². The van der Waals surface area contributed by atoms with Crippen LogP contribution in [0.1, 0.15) is 11.1 Å². The van der Waals surface area contributed by atoms with Gasteiger partial charge in [-0.3, -0.25) is 0 Å². The number of para-hydroxylation sites is 2. The third-order valence-electron chi connectivity index (χ3n) is 11.4. The first kappa shape index (κ1) is 35.3. The summed E-state index contributed by atoms with van der Waals surface area (Å²) in [7, 11) is -2.77. The molecule has 2 heterocycles. The molecule has 58 heavy (non-hydrogen) atoms. The first-order chi connectivity index (χ1) is 28.6. The number of rotatable bonds is 8. The zero-order valence-corrected chi connectivity index (χ0v) is 33.5. The summed E-state index contributed by atoms with van der Waals surface area (Å²) in [5.41, 5.74) is 10.8. The number of nitrogens with zero attached hydrogens (tertiary/aromatic N) is 3. The average Bonchev–Trinajstić information content (AvgIpc) is 3.61. The van der Waals surface area contributed by atoms with Gasteiger partial charge in [0.2, 0.25) is 0 Å². The second-order valence-corrected chi connectivity index (χ2v) is 19.0. The Hall–Kier alpha value is -7.14. The number of aromatic nitrogens is 3. The van der Waals surface area contributed by atoms with Gasteiger partial charge in [-0.2, -0.15) is 0 Å². The Morgan fingerprint density at radius 2 is 0.879 bits per heavy atom. The lowest BCUT2D eigenvalue weighted by Crippen LogP contribution is -2.74. The lowest BCUT2D eigenvalue weighted by molar-refractivity contribution is 1.17. The van der Waals surface area contributed by atoms with E-state index in [-0.39, 0.29) is 0 Å². The first-order valence-corrected chi connectivity index (χ1v) is 21.9. The summed E-state index contributed by atoms with van der Waals surface area (Å²) in [6.07, 6.45) is 0. The third-order valence-corrected chi connectivity index (χ3v) is 16.2. The van der Waals surface area contributed by atoms with E-state index < -0.39 is 8.07 Å². The maximum Gasteiger partial charge on any atom is 0.179 e. The summed E-state index contributed by atoms with van der Waals surface area (Å²) >= 11 is 0. The lowest BCUT2D eigenvalue weighted by Gasteiger charge is -2.34. The standard InChI is InChI=1S/C54H41N3Si/c1-38-32-39(2)34-42(33-38)51-37-50(40-30-31-53-49(36-40)48-28-15-16-29-52(48)57(53)43-19-7-3-8-20-43)55-54(56-51)41-18-17-27-47(35-41)58(44-21-9-4-10-22-44,45-23-11-5-12-24-45)46-25-13-6-14-26-46/h3-37H,1-2H3. The monoisotopic (exact) mass is 759 g/mol. The van der Waals surface area contributed by atoms with Crippen molar-refractivity contribution < 1.29 is 0 Å². The lowest BCUT2D eigenvalue weighted by atomic mass is 10.0. The molecule has 0 aliphatic rings. The minimum absolute atomic E-state index is 0.706. The van der Waals surface area contributed by atoms with Crippen molar-refractivity contribution in [3.8, 4) is 39.6 Å². The topological polar surface area (TPSA) is 30.7 Å². The highest BCUT2D eigenvalue weighted by Gasteiger charge is 2.41. The number of hydrogen-bond donors (Lipinski definition) is 0. The Balaban J connectivity index is 1.20. The van der Waals surface area contributed by atoms with Crippen molar-refractivity contribution in [1.82, 2.24) is 14.5 Å². The summed E-state index contributed by atoms with van der Waals surface area (Å²) in [6, 6.07) is 77.1. The van der Waals surface area contributed by atoms with Crippen LogP contribution in [-0.4, -0.2) is 22.6 Å². The van der Waals surface area contributed by atoms with Gasteiger partial charge in [0, 0.05) is 33.2 Å². The molecule has 0 saturated heterocycles. The fraction of sp³-hybridized carbons (Fsp3) is 0.0370. The largest absolute Gasteiger partial charge is 0.309 e. The fourth-order valence-electron chi connectivity index (χ4n) is 8.94. The molecule has 0 amide bonds. The van der Waals surface area contributed by atoms with Crippen LogP contribution in [-0.2, 0) is 0 Å². The molecule has 0 aliphatic heterocycles. The van der Waals surface area contributed by atoms with Gasteiger partial charge in [0.1, 0.15) is 0 Å². The van der Waals surface area contributed by atoms with Crippen LogP contribution in [0.25, 0.3) is 61.4 Å². The van der Waals surface area contributed by atoms with Crippen molar-refractivity contribution in [3.63, 3.8) is 0 Å². The summed E-state index contributed by atoms with van der Waals surface area (Å²) in [5.74, 6) is 0.706. The van der Waals surface area contributed by atoms with Crippen molar-refractivity contribution in [2.24, 2.45) is 0 Å². The molecule has 10 rings (SSSR count). The van der Waals surface area contributed by atoms with E-state index in [2.05, 4.69) is 231 Å². The summed E-state index contributed by atoms with van der Waals surface area (Å²) in [4.78, 5) is 10.8. The molecule has 4 heteroatoms. The summed E-state index contributed by atoms with van der Waals surface area (Å²) in [6.45, 7) is 4.31. The van der Waals surface area contributed by atoms with Gasteiger partial charge in [-0.15, -0.1) is 0 Å². The molecular formula is C54H41N3Si. The Morgan fingerprint density at radius 1 is 0.362 bits per heavy atom. The minimum Gasteiger partial charge on any atom is -0.309 e. The maximum absolute atomic E-state index is 5.44. The van der Waals surface area contributed by atoms with E-state index in [0.29, 0.717) is 5.82 Å². The van der Waals surface area contributed by atoms with Crippen molar-refractivity contribution in [2.45, 2.75) is 13.8 Å². The Labute approximate surface area is 340 Å². The van der Waals surface area contributed by atoms with Crippen LogP contribution in [0.4, 0.5) is 0 Å². The molecule has 0 fully saturated rings. The highest BCUT2D eigenvalue weighted by Crippen LogP contribution is 2.36. The van der Waals surface area contributed by atoms with Gasteiger partial charge in [-0.05, 0) is 83.1 Å². The van der Waals surface area contributed by atoms with E-state index in [1.54, 1.807) is 0 Å². The summed E-state index contributed by atoms with van der Waals surface area (Å²) in [5, 5.41) is 7.68. The molecule has 0 N–H and O–H groups in total. The van der Waals surface area contributed by atoms with Gasteiger partial charge in [-0.25, -0.2) is 9.97 Å². The average molecular weight is 760 g/mol. The van der Waals surface area contributed by atoms with Crippen LogP contribution in [0.3, 0.4) is 0 Å². The molecular weight excluding hydrogens is 719 g/mol. The Bertz CT molecular complexity index is 2950. The van der Waals surface area contributed by atoms with Crippen LogP contribution in [0.2, 0.25) is 0 Å². The molecule has 0 bridgehead atoms. The minimum atomic E-state index is -2.77. The fourth-order valence-corrected chi connectivity index (χ4v) is 13.7. The van der Waals surface area contributed by atoms with E-state index >= 15 is 0 Å². The first-order valence-electron chi connectivity index (χ1n) is 19.9. The molecule has 0 radical (unpaired) electrons. The molecule has 0 aliphatic carbocycles. The molecule has 0 spiro atoms. The van der Waals surface area contributed by atoms with Crippen LogP contribution in [0, 0.1) is 13.8 Å². The second kappa shape index (κ2) is 14.7. The predicted octanol–water partition coefficient (Wildman–Crippen LogP) is 10.6. The van der Waals surface area contributed by atoms with Crippen LogP contribution in [0.15, 0.2) is 212 Å². The molecule has 0 unspecified atom stereocenters. The quantitative estimate of drug-likeness (QED) is 0.114. The second-order valence-electron chi connectivity index (χ2n) is 15.2. The highest BCUT2D eigenvalue weighted by molar-refractivity contribution is 7.19. The van der Waals surface area contributed by atoms with Gasteiger partial charge >= 0.3 is 0 Å². The molecule has 0 atom stereocenters. The molecule has 10 aromatic rings. The van der Waals surface area contributed by atoms with E-state index in [0.717, 1.165) is 39.3 Å². The van der Waals surface area contributed by atoms with E-state index in [4.69, 9.17) is 9.97 Å². The number of fused-ring (bicyclic) bond motifs is 3. The number of benzene rings is 8. The van der Waals surface area contributed by atoms with Crippen LogP contribution < -0.4 is 20.7 Å². The van der Waals surface area contributed by atoms with Gasteiger partial charge in [0.15, 0.2) is 13.9 Å². The Kier molecular flexibility index (Phi) is 8.97. The maximum atomic E-state index is 5.44. The van der Waals surface area contributed by atoms with Crippen molar-refractivity contribution in [1.29, 1.82) is 0 Å². The van der Waals surface area contributed by atoms with Crippen LogP contribution >= 0.6 is 0 Å². The Morgan fingerprint density at radius 3 is 1.50 bits per heavy atom. The predicted molar refractivity (Wildman–Crippen MR) is 246 cm³/mol. The van der Waals surface area contributed by atoms with Gasteiger partial charge in [0.25, 0.3) is 0 Å². The molecule has 2 aromatic heterocycles. The molecule has 0 saturated carbocycles. The van der Waals surface area contributed by atoms with E-state index in [1.807, 2.05) is 0 Å². The van der Waals surface area contributed by atoms with Crippen LogP contribution in [0.5, 0.6) is 0 Å². The van der Waals surface area contributed by atoms with Crippen molar-refractivity contribution in [3.05, 3.63) is 223 Å². The highest BCUT2D eigenvalue weighted by atomic mass is 28.3. The van der Waals surface area contributed by atoms with E-state index in [9.17, 15) is 0 Å². The third kappa shape index (κ3) is 6.15. The zero-order chi connectivity index (χ0) is 39.1. The molecule has 3 nitrogen and oxygen atoms in total. The number of aryl methyl sites for hydroxylation is 2. The van der Waals surface area contributed by atoms with Gasteiger partial charge in [-0.1, -0.05) is 175 Å². The molecule has 8 aromatic carbocycles. The number of hydrogen-bond acceptors (Lipinski definition) is 2.